The Morgan fingerprint density at radius 2 is 2.32 bits per heavy atom. The summed E-state index contributed by atoms with van der Waals surface area (Å²) in [5.74, 6) is 0.447. The Morgan fingerprint density at radius 1 is 1.53 bits per heavy atom. The highest BCUT2D eigenvalue weighted by atomic mass is 16.5. The van der Waals surface area contributed by atoms with Gasteiger partial charge in [-0.2, -0.15) is 0 Å². The van der Waals surface area contributed by atoms with E-state index in [1.54, 1.807) is 0 Å². The van der Waals surface area contributed by atoms with Crippen molar-refractivity contribution in [2.24, 2.45) is 5.92 Å². The summed E-state index contributed by atoms with van der Waals surface area (Å²) in [6.45, 7) is 9.78. The largest absolute Gasteiger partial charge is 0.381 e. The summed E-state index contributed by atoms with van der Waals surface area (Å²) in [5, 5.41) is 3.10. The second-order valence-corrected chi connectivity index (χ2v) is 5.94. The van der Waals surface area contributed by atoms with Gasteiger partial charge in [0.2, 0.25) is 0 Å². The van der Waals surface area contributed by atoms with Crippen LogP contribution in [0.5, 0.6) is 0 Å². The first-order valence-corrected chi connectivity index (χ1v) is 7.31. The lowest BCUT2D eigenvalue weighted by atomic mass is 10.00. The number of carbonyl (C=O) groups excluding carboxylic acids is 1. The zero-order valence-electron chi connectivity index (χ0n) is 12.3. The molecule has 5 nitrogen and oxygen atoms in total. The third-order valence-corrected chi connectivity index (χ3v) is 4.40. The molecule has 110 valence electrons. The topological polar surface area (TPSA) is 50.8 Å². The van der Waals surface area contributed by atoms with Crippen LogP contribution in [0.2, 0.25) is 0 Å². The van der Waals surface area contributed by atoms with Gasteiger partial charge < -0.3 is 19.7 Å². The van der Waals surface area contributed by atoms with E-state index >= 15 is 0 Å². The van der Waals surface area contributed by atoms with Crippen molar-refractivity contribution in [3.63, 3.8) is 0 Å². The number of morpholine rings is 1. The predicted molar refractivity (Wildman–Crippen MR) is 73.1 cm³/mol. The molecule has 0 aromatic heterocycles. The minimum atomic E-state index is -0.199. The summed E-state index contributed by atoms with van der Waals surface area (Å²) in [7, 11) is 0. The van der Waals surface area contributed by atoms with Gasteiger partial charge in [-0.3, -0.25) is 0 Å². The third-order valence-electron chi connectivity index (χ3n) is 4.40. The van der Waals surface area contributed by atoms with E-state index in [-0.39, 0.29) is 17.7 Å². The number of amides is 2. The predicted octanol–water partition coefficient (Wildman–Crippen LogP) is 1.62. The highest BCUT2D eigenvalue weighted by Gasteiger charge is 2.33. The monoisotopic (exact) mass is 270 g/mol. The molecule has 0 bridgehead atoms. The minimum absolute atomic E-state index is 0.0300. The van der Waals surface area contributed by atoms with Crippen molar-refractivity contribution in [1.29, 1.82) is 0 Å². The molecule has 2 amide bonds. The van der Waals surface area contributed by atoms with Crippen LogP contribution in [0.15, 0.2) is 0 Å². The second kappa shape index (κ2) is 6.09. The standard InChI is InChI=1S/C14H26N2O3/c1-4-14(3)10-16(6-8-19-14)13(17)15-11(2)12-5-7-18-9-12/h11-12H,4-10H2,1-3H3,(H,15,17)/t11-,12-,14+/m0/s1. The van der Waals surface area contributed by atoms with Crippen molar-refractivity contribution in [1.82, 2.24) is 10.2 Å². The number of nitrogens with one attached hydrogen (secondary N) is 1. The van der Waals surface area contributed by atoms with Gasteiger partial charge in [-0.25, -0.2) is 4.79 Å². The van der Waals surface area contributed by atoms with Crippen LogP contribution in [0.4, 0.5) is 4.79 Å². The van der Waals surface area contributed by atoms with Crippen molar-refractivity contribution in [2.45, 2.75) is 45.3 Å². The lowest BCUT2D eigenvalue weighted by molar-refractivity contribution is -0.0875. The second-order valence-electron chi connectivity index (χ2n) is 5.94. The van der Waals surface area contributed by atoms with Crippen molar-refractivity contribution in [3.8, 4) is 0 Å². The lowest BCUT2D eigenvalue weighted by Gasteiger charge is -2.40. The van der Waals surface area contributed by atoms with Crippen LogP contribution < -0.4 is 5.32 Å². The molecule has 0 unspecified atom stereocenters. The minimum Gasteiger partial charge on any atom is -0.381 e. The van der Waals surface area contributed by atoms with E-state index in [2.05, 4.69) is 26.1 Å². The van der Waals surface area contributed by atoms with Gasteiger partial charge in [0.1, 0.15) is 0 Å². The van der Waals surface area contributed by atoms with E-state index in [0.29, 0.717) is 25.6 Å². The van der Waals surface area contributed by atoms with E-state index in [1.807, 2.05) is 4.90 Å². The van der Waals surface area contributed by atoms with Crippen LogP contribution in [0.1, 0.15) is 33.6 Å². The number of hydrogen-bond acceptors (Lipinski definition) is 3. The highest BCUT2D eigenvalue weighted by molar-refractivity contribution is 5.74. The molecule has 0 saturated carbocycles. The first-order valence-electron chi connectivity index (χ1n) is 7.31. The van der Waals surface area contributed by atoms with Crippen LogP contribution in [0.3, 0.4) is 0 Å². The first kappa shape index (κ1) is 14.6. The average Bonchev–Trinajstić information content (AvgIpc) is 2.92. The molecule has 2 saturated heterocycles. The summed E-state index contributed by atoms with van der Waals surface area (Å²) in [6.07, 6.45) is 1.96. The molecular formula is C14H26N2O3. The molecule has 0 radical (unpaired) electrons. The number of urea groups is 1. The zero-order valence-corrected chi connectivity index (χ0v) is 12.3. The molecule has 2 heterocycles. The molecule has 0 aromatic rings. The smallest absolute Gasteiger partial charge is 0.317 e. The van der Waals surface area contributed by atoms with Crippen molar-refractivity contribution in [2.75, 3.05) is 32.9 Å². The van der Waals surface area contributed by atoms with E-state index in [0.717, 1.165) is 26.1 Å². The molecule has 2 aliphatic rings. The van der Waals surface area contributed by atoms with Crippen molar-refractivity contribution in [3.05, 3.63) is 0 Å². The summed E-state index contributed by atoms with van der Waals surface area (Å²) in [5.41, 5.74) is -0.199. The van der Waals surface area contributed by atoms with Gasteiger partial charge in [-0.05, 0) is 26.7 Å². The fraction of sp³-hybridized carbons (Fsp3) is 0.929. The maximum absolute atomic E-state index is 12.3. The molecule has 2 fully saturated rings. The van der Waals surface area contributed by atoms with Gasteiger partial charge in [-0.1, -0.05) is 6.92 Å². The molecular weight excluding hydrogens is 244 g/mol. The Labute approximate surface area is 115 Å². The first-order chi connectivity index (χ1) is 9.04. The number of hydrogen-bond donors (Lipinski definition) is 1. The summed E-state index contributed by atoms with van der Waals surface area (Å²) in [4.78, 5) is 14.2. The Kier molecular flexibility index (Phi) is 4.68. The van der Waals surface area contributed by atoms with E-state index < -0.39 is 0 Å². The van der Waals surface area contributed by atoms with Gasteiger partial charge >= 0.3 is 6.03 Å². The van der Waals surface area contributed by atoms with E-state index in [4.69, 9.17) is 9.47 Å². The molecule has 19 heavy (non-hydrogen) atoms. The van der Waals surface area contributed by atoms with Crippen LogP contribution in [-0.4, -0.2) is 55.5 Å². The van der Waals surface area contributed by atoms with E-state index in [1.165, 1.54) is 0 Å². The number of carbonyl (C=O) groups is 1. The summed E-state index contributed by atoms with van der Waals surface area (Å²) < 4.78 is 11.1. The third kappa shape index (κ3) is 3.60. The molecule has 0 aliphatic carbocycles. The number of nitrogens with zero attached hydrogens (tertiary/aromatic N) is 1. The Morgan fingerprint density at radius 3 is 2.95 bits per heavy atom. The molecule has 0 aromatic carbocycles. The van der Waals surface area contributed by atoms with Gasteiger partial charge in [0.15, 0.2) is 0 Å². The summed E-state index contributed by atoms with van der Waals surface area (Å²) in [6, 6.07) is 0.202. The van der Waals surface area contributed by atoms with Crippen LogP contribution in [-0.2, 0) is 9.47 Å². The van der Waals surface area contributed by atoms with Crippen molar-refractivity contribution < 1.29 is 14.3 Å². The summed E-state index contributed by atoms with van der Waals surface area (Å²) >= 11 is 0. The molecule has 2 aliphatic heterocycles. The number of rotatable bonds is 3. The van der Waals surface area contributed by atoms with Crippen LogP contribution in [0, 0.1) is 5.92 Å². The maximum Gasteiger partial charge on any atom is 0.317 e. The lowest BCUT2D eigenvalue weighted by Crippen LogP contribution is -2.56. The van der Waals surface area contributed by atoms with E-state index in [9.17, 15) is 4.79 Å². The van der Waals surface area contributed by atoms with Crippen LogP contribution in [0.25, 0.3) is 0 Å². The number of ether oxygens (including phenoxy) is 2. The average molecular weight is 270 g/mol. The fourth-order valence-electron chi connectivity index (χ4n) is 2.67. The SMILES string of the molecule is CC[C@]1(C)CN(C(=O)N[C@@H](C)[C@H]2CCOC2)CCO1. The van der Waals surface area contributed by atoms with Crippen molar-refractivity contribution >= 4 is 6.03 Å². The van der Waals surface area contributed by atoms with Gasteiger partial charge in [0.05, 0.1) is 25.4 Å². The molecule has 5 heteroatoms. The molecule has 2 rings (SSSR count). The molecule has 3 atom stereocenters. The van der Waals surface area contributed by atoms with Gasteiger partial charge in [0, 0.05) is 25.1 Å². The highest BCUT2D eigenvalue weighted by Crippen LogP contribution is 2.21. The Hall–Kier alpha value is -0.810. The molecule has 0 spiro atoms. The fourth-order valence-corrected chi connectivity index (χ4v) is 2.67. The van der Waals surface area contributed by atoms with Gasteiger partial charge in [0.25, 0.3) is 0 Å². The van der Waals surface area contributed by atoms with Gasteiger partial charge in [-0.15, -0.1) is 0 Å². The quantitative estimate of drug-likeness (QED) is 0.848. The molecule has 1 N–H and O–H groups in total. The zero-order chi connectivity index (χ0) is 13.9. The Balaban J connectivity index is 1.85. The van der Waals surface area contributed by atoms with Crippen LogP contribution >= 0.6 is 0 Å². The Bertz CT molecular complexity index is 318. The maximum atomic E-state index is 12.3. The normalized spacial score (nSPS) is 33.2.